The van der Waals surface area contributed by atoms with E-state index in [9.17, 15) is 24.3 Å². The highest BCUT2D eigenvalue weighted by Gasteiger charge is 2.41. The largest absolute Gasteiger partial charge is 0.391 e. The predicted octanol–water partition coefficient (Wildman–Crippen LogP) is 3.59. The highest BCUT2D eigenvalue weighted by Crippen LogP contribution is 2.40. The lowest BCUT2D eigenvalue weighted by Crippen LogP contribution is -2.53. The number of nitrogens with zero attached hydrogens (tertiary/aromatic N) is 2. The Balaban J connectivity index is 1.41. The number of halogens is 3. The van der Waals surface area contributed by atoms with Crippen LogP contribution in [0.25, 0.3) is 33.2 Å². The summed E-state index contributed by atoms with van der Waals surface area (Å²) in [6, 6.07) is 5.22. The number of aliphatic hydroxyl groups excluding tert-OH is 1. The first-order valence-corrected chi connectivity index (χ1v) is 20.2. The van der Waals surface area contributed by atoms with Gasteiger partial charge in [0, 0.05) is 35.8 Å². The Morgan fingerprint density at radius 1 is 0.741 bits per heavy atom. The SMILES string of the molecule is CCC(NC(=O)C(C)NC)C(=O)N1CC(O)CC1Cc1c(-c2[nH]c3c(F)cccc3c2CC2CC(F)CN2C(=O)C(CC)NC(=O)C(C)NC)[nH]c2c(F)cccc12. The predicted molar refractivity (Wildman–Crippen MR) is 216 cm³/mol. The van der Waals surface area contributed by atoms with Crippen LogP contribution in [0.1, 0.15) is 64.5 Å². The van der Waals surface area contributed by atoms with Crippen molar-refractivity contribution >= 4 is 45.4 Å². The zero-order valence-corrected chi connectivity index (χ0v) is 33.8. The Bertz CT molecular complexity index is 2010. The van der Waals surface area contributed by atoms with Gasteiger partial charge in [0.15, 0.2) is 0 Å². The lowest BCUT2D eigenvalue weighted by molar-refractivity contribution is -0.138. The summed E-state index contributed by atoms with van der Waals surface area (Å²) in [5, 5.41) is 23.3. The number of likely N-dealkylation sites (N-methyl/N-ethyl adjacent to an activating group) is 2. The van der Waals surface area contributed by atoms with Crippen LogP contribution in [-0.2, 0) is 32.0 Å². The van der Waals surface area contributed by atoms with Crippen LogP contribution in [0, 0.1) is 11.6 Å². The van der Waals surface area contributed by atoms with Crippen LogP contribution < -0.4 is 21.3 Å². The van der Waals surface area contributed by atoms with Crippen LogP contribution in [-0.4, -0.2) is 124 Å². The second-order valence-corrected chi connectivity index (χ2v) is 15.7. The van der Waals surface area contributed by atoms with Crippen LogP contribution >= 0.6 is 0 Å². The van der Waals surface area contributed by atoms with Gasteiger partial charge >= 0.3 is 0 Å². The molecular weight excluding hydrogens is 754 g/mol. The number of carbonyl (C=O) groups excluding carboxylic acids is 4. The minimum absolute atomic E-state index is 0.0118. The van der Waals surface area contributed by atoms with Gasteiger partial charge in [-0.25, -0.2) is 13.2 Å². The summed E-state index contributed by atoms with van der Waals surface area (Å²) >= 11 is 0. The minimum Gasteiger partial charge on any atom is -0.391 e. The van der Waals surface area contributed by atoms with Gasteiger partial charge in [-0.3, -0.25) is 19.2 Å². The van der Waals surface area contributed by atoms with Crippen molar-refractivity contribution < 1.29 is 37.5 Å². The number of aromatic nitrogens is 2. The number of hydrogen-bond donors (Lipinski definition) is 7. The van der Waals surface area contributed by atoms with Crippen LogP contribution in [0.2, 0.25) is 0 Å². The highest BCUT2D eigenvalue weighted by atomic mass is 19.1. The first-order valence-electron chi connectivity index (χ1n) is 20.2. The van der Waals surface area contributed by atoms with E-state index < -0.39 is 66.1 Å². The fourth-order valence-electron chi connectivity index (χ4n) is 8.41. The standard InChI is InChI=1S/C42H55F3N8O5/c1-7-33(48-39(55)21(3)46-5)41(57)52-19-23(43)15-24(52)17-29-27-11-9-13-31(44)35(27)50-37(29)38-30(28-12-10-14-32(45)36(28)51-38)18-25-16-26(54)20-53(25)42(58)34(8-2)49-40(56)22(4)47-6/h9-14,21-26,33-34,46-47,50-51,54H,7-8,15-20H2,1-6H3,(H,48,55)(H,49,56). The molecule has 58 heavy (non-hydrogen) atoms. The van der Waals surface area contributed by atoms with Crippen molar-refractivity contribution in [2.45, 2.75) is 115 Å². The second kappa shape index (κ2) is 17.9. The topological polar surface area (TPSA) is 175 Å². The number of carbonyl (C=O) groups is 4. The molecule has 2 aromatic heterocycles. The number of nitrogens with one attached hydrogen (secondary N) is 6. The second-order valence-electron chi connectivity index (χ2n) is 15.7. The smallest absolute Gasteiger partial charge is 0.245 e. The zero-order chi connectivity index (χ0) is 42.0. The number of fused-ring (bicyclic) bond motifs is 2. The normalized spacial score (nSPS) is 21.7. The lowest BCUT2D eigenvalue weighted by Gasteiger charge is -2.30. The van der Waals surface area contributed by atoms with Crippen molar-refractivity contribution in [3.8, 4) is 11.4 Å². The van der Waals surface area contributed by atoms with E-state index in [1.807, 2.05) is 0 Å². The Kier molecular flexibility index (Phi) is 13.2. The number of benzene rings is 2. The fourth-order valence-corrected chi connectivity index (χ4v) is 8.41. The minimum atomic E-state index is -1.34. The number of likely N-dealkylation sites (tertiary alicyclic amines) is 2. The molecule has 0 bridgehead atoms. The molecule has 8 atom stereocenters. The van der Waals surface area contributed by atoms with Gasteiger partial charge in [0.05, 0.1) is 47.2 Å². The molecule has 0 spiro atoms. The molecular formula is C42H55F3N8O5. The monoisotopic (exact) mass is 808 g/mol. The summed E-state index contributed by atoms with van der Waals surface area (Å²) in [7, 11) is 3.28. The Labute approximate surface area is 335 Å². The van der Waals surface area contributed by atoms with Crippen molar-refractivity contribution in [3.05, 3.63) is 59.2 Å². The number of rotatable bonds is 15. The molecule has 0 radical (unpaired) electrons. The van der Waals surface area contributed by atoms with Gasteiger partial charge in [-0.15, -0.1) is 0 Å². The molecule has 0 aliphatic carbocycles. The van der Waals surface area contributed by atoms with Gasteiger partial charge in [-0.05, 0) is 83.3 Å². The van der Waals surface area contributed by atoms with Crippen molar-refractivity contribution in [1.82, 2.24) is 41.0 Å². The van der Waals surface area contributed by atoms with E-state index in [2.05, 4.69) is 31.2 Å². The summed E-state index contributed by atoms with van der Waals surface area (Å²) in [6.45, 7) is 6.77. The average Bonchev–Trinajstić information content (AvgIpc) is 3.98. The molecule has 4 amide bonds. The van der Waals surface area contributed by atoms with Crippen LogP contribution in [0.3, 0.4) is 0 Å². The Morgan fingerprint density at radius 2 is 1.17 bits per heavy atom. The number of amides is 4. The summed E-state index contributed by atoms with van der Waals surface area (Å²) in [4.78, 5) is 63.1. The molecule has 4 aromatic rings. The third-order valence-electron chi connectivity index (χ3n) is 11.9. The van der Waals surface area contributed by atoms with E-state index in [4.69, 9.17) is 0 Å². The van der Waals surface area contributed by atoms with Crippen molar-refractivity contribution in [2.75, 3.05) is 27.2 Å². The van der Waals surface area contributed by atoms with E-state index in [1.54, 1.807) is 71.0 Å². The molecule has 0 saturated carbocycles. The van der Waals surface area contributed by atoms with Crippen molar-refractivity contribution in [2.24, 2.45) is 0 Å². The number of hydrogen-bond acceptors (Lipinski definition) is 7. The summed E-state index contributed by atoms with van der Waals surface area (Å²) in [5.41, 5.74) is 2.39. The molecule has 2 saturated heterocycles. The fraction of sp³-hybridized carbons (Fsp3) is 0.524. The van der Waals surface area contributed by atoms with Gasteiger partial charge in [-0.2, -0.15) is 0 Å². The van der Waals surface area contributed by atoms with E-state index in [1.165, 1.54) is 17.0 Å². The molecule has 2 aliphatic rings. The first kappa shape index (κ1) is 42.7. The van der Waals surface area contributed by atoms with Gasteiger partial charge in [-0.1, -0.05) is 38.1 Å². The number of para-hydroxylation sites is 2. The number of H-pyrrole nitrogens is 2. The average molecular weight is 809 g/mol. The third kappa shape index (κ3) is 8.45. The van der Waals surface area contributed by atoms with Crippen molar-refractivity contribution in [1.29, 1.82) is 0 Å². The Morgan fingerprint density at radius 3 is 1.60 bits per heavy atom. The molecule has 2 aromatic carbocycles. The maximum Gasteiger partial charge on any atom is 0.245 e. The third-order valence-corrected chi connectivity index (χ3v) is 11.9. The molecule has 314 valence electrons. The quantitative estimate of drug-likeness (QED) is 0.0962. The van der Waals surface area contributed by atoms with Gasteiger partial charge in [0.2, 0.25) is 23.6 Å². The maximum absolute atomic E-state index is 15.6. The van der Waals surface area contributed by atoms with E-state index in [0.29, 0.717) is 39.7 Å². The molecule has 6 rings (SSSR count). The molecule has 7 N–H and O–H groups in total. The lowest BCUT2D eigenvalue weighted by atomic mass is 9.94. The van der Waals surface area contributed by atoms with Gasteiger partial charge < -0.3 is 46.1 Å². The van der Waals surface area contributed by atoms with E-state index >= 15 is 13.2 Å². The number of alkyl halides is 1. The molecule has 13 nitrogen and oxygen atoms in total. The van der Waals surface area contributed by atoms with E-state index in [0.717, 1.165) is 0 Å². The van der Waals surface area contributed by atoms with Crippen molar-refractivity contribution in [3.63, 3.8) is 0 Å². The molecule has 2 fully saturated rings. The maximum atomic E-state index is 15.6. The van der Waals surface area contributed by atoms with Crippen LogP contribution in [0.4, 0.5) is 13.2 Å². The number of aliphatic hydroxyl groups is 1. The van der Waals surface area contributed by atoms with Crippen LogP contribution in [0.5, 0.6) is 0 Å². The van der Waals surface area contributed by atoms with Gasteiger partial charge in [0.1, 0.15) is 29.9 Å². The number of β-amino-alcohol motifs (C(OH)–C–C–N with tert-alkyl or cyclic N) is 1. The molecule has 2 aliphatic heterocycles. The molecule has 16 heteroatoms. The number of aromatic amines is 2. The van der Waals surface area contributed by atoms with E-state index in [-0.39, 0.29) is 73.9 Å². The summed E-state index contributed by atoms with van der Waals surface area (Å²) in [5.74, 6) is -2.55. The van der Waals surface area contributed by atoms with Crippen LogP contribution in [0.15, 0.2) is 36.4 Å². The molecule has 8 unspecified atom stereocenters. The summed E-state index contributed by atoms with van der Waals surface area (Å²) < 4.78 is 46.6. The molecule has 4 heterocycles. The first-order chi connectivity index (χ1) is 27.7. The zero-order valence-electron chi connectivity index (χ0n) is 33.8. The highest BCUT2D eigenvalue weighted by molar-refractivity contribution is 5.97. The Hall–Kier alpha value is -4.93. The van der Waals surface area contributed by atoms with Gasteiger partial charge in [0.25, 0.3) is 0 Å². The summed E-state index contributed by atoms with van der Waals surface area (Å²) in [6.07, 6.45) is -1.08.